The fraction of sp³-hybridized carbons (Fsp3) is 0.238. The molecule has 2 heterocycles. The van der Waals surface area contributed by atoms with Gasteiger partial charge in [0.05, 0.1) is 23.9 Å². The normalized spacial score (nSPS) is 14.8. The maximum atomic E-state index is 13.1. The zero-order chi connectivity index (χ0) is 21.4. The summed E-state index contributed by atoms with van der Waals surface area (Å²) in [6, 6.07) is 12.9. The number of amides is 1. The molecule has 1 atom stereocenters. The molecule has 0 saturated heterocycles. The Morgan fingerprint density at radius 1 is 1.33 bits per heavy atom. The predicted octanol–water partition coefficient (Wildman–Crippen LogP) is 3.52. The highest BCUT2D eigenvalue weighted by Gasteiger charge is 2.46. The van der Waals surface area contributed by atoms with E-state index in [0.29, 0.717) is 33.4 Å². The number of aromatic nitrogens is 3. The molecule has 1 unspecified atom stereocenters. The first-order chi connectivity index (χ1) is 14.5. The van der Waals surface area contributed by atoms with Gasteiger partial charge in [-0.25, -0.2) is 4.90 Å². The fourth-order valence-corrected chi connectivity index (χ4v) is 4.67. The van der Waals surface area contributed by atoms with Crippen LogP contribution in [0.1, 0.15) is 25.6 Å². The Bertz CT molecular complexity index is 1200. The van der Waals surface area contributed by atoms with Crippen LogP contribution in [-0.4, -0.2) is 28.9 Å². The number of halogens is 1. The molecule has 0 spiro atoms. The number of anilines is 1. The molecule has 1 aliphatic rings. The topological polar surface area (TPSA) is 79.2 Å². The molecule has 0 saturated carbocycles. The van der Waals surface area contributed by atoms with Crippen LogP contribution >= 0.6 is 27.7 Å². The van der Waals surface area contributed by atoms with E-state index in [-0.39, 0.29) is 11.5 Å². The van der Waals surface area contributed by atoms with Crippen molar-refractivity contribution in [2.75, 3.05) is 17.8 Å². The Balaban J connectivity index is 2.11. The SMILES string of the molecule is CCSc1n[n+]2c(c(=O)[nH]1)-c1ccccc1N(C(C)=O)C2c1cc(Br)ccc1OC. The lowest BCUT2D eigenvalue weighted by Gasteiger charge is -2.31. The van der Waals surface area contributed by atoms with Gasteiger partial charge >= 0.3 is 11.3 Å². The van der Waals surface area contributed by atoms with E-state index in [1.165, 1.54) is 18.7 Å². The van der Waals surface area contributed by atoms with Crippen LogP contribution in [0.25, 0.3) is 11.3 Å². The maximum absolute atomic E-state index is 13.1. The molecule has 0 aliphatic carbocycles. The number of H-pyrrole nitrogens is 1. The van der Waals surface area contributed by atoms with Gasteiger partial charge in [-0.3, -0.25) is 14.6 Å². The molecule has 30 heavy (non-hydrogen) atoms. The summed E-state index contributed by atoms with van der Waals surface area (Å²) < 4.78 is 8.06. The van der Waals surface area contributed by atoms with E-state index in [9.17, 15) is 9.59 Å². The monoisotopic (exact) mass is 487 g/mol. The molecule has 2 aromatic carbocycles. The van der Waals surface area contributed by atoms with E-state index in [1.54, 1.807) is 16.7 Å². The third-order valence-electron chi connectivity index (χ3n) is 4.85. The third-order valence-corrected chi connectivity index (χ3v) is 6.09. The van der Waals surface area contributed by atoms with Crippen LogP contribution in [0.5, 0.6) is 5.75 Å². The molecular weight excluding hydrogens is 468 g/mol. The maximum Gasteiger partial charge on any atom is 0.325 e. The van der Waals surface area contributed by atoms with Crippen LogP contribution in [0.2, 0.25) is 0 Å². The average molecular weight is 488 g/mol. The van der Waals surface area contributed by atoms with E-state index < -0.39 is 6.17 Å². The number of fused-ring (bicyclic) bond motifs is 3. The highest BCUT2D eigenvalue weighted by Crippen LogP contribution is 2.40. The summed E-state index contributed by atoms with van der Waals surface area (Å²) in [5, 5.41) is 5.21. The Hall–Kier alpha value is -2.65. The second-order valence-electron chi connectivity index (χ2n) is 6.65. The quantitative estimate of drug-likeness (QED) is 0.449. The van der Waals surface area contributed by atoms with Crippen LogP contribution in [0.4, 0.5) is 5.69 Å². The van der Waals surface area contributed by atoms with Gasteiger partial charge in [0, 0.05) is 16.5 Å². The van der Waals surface area contributed by atoms with Crippen molar-refractivity contribution in [3.63, 3.8) is 0 Å². The van der Waals surface area contributed by atoms with Crippen molar-refractivity contribution in [3.8, 4) is 17.0 Å². The van der Waals surface area contributed by atoms with E-state index in [4.69, 9.17) is 9.84 Å². The number of aromatic amines is 1. The number of carbonyl (C=O) groups excluding carboxylic acids is 1. The van der Waals surface area contributed by atoms with Crippen molar-refractivity contribution in [1.82, 2.24) is 10.1 Å². The van der Waals surface area contributed by atoms with Crippen molar-refractivity contribution in [2.24, 2.45) is 0 Å². The minimum atomic E-state index is -0.682. The first kappa shape index (κ1) is 20.6. The number of carbonyl (C=O) groups is 1. The molecule has 1 N–H and O–H groups in total. The van der Waals surface area contributed by atoms with Gasteiger partial charge in [0.15, 0.2) is 0 Å². The molecule has 154 valence electrons. The molecule has 3 aromatic rings. The van der Waals surface area contributed by atoms with Crippen LogP contribution in [-0.2, 0) is 4.79 Å². The van der Waals surface area contributed by atoms with Crippen LogP contribution < -0.4 is 19.9 Å². The molecule has 9 heteroatoms. The Morgan fingerprint density at radius 2 is 2.10 bits per heavy atom. The predicted molar refractivity (Wildman–Crippen MR) is 119 cm³/mol. The minimum Gasteiger partial charge on any atom is -0.496 e. The second kappa shape index (κ2) is 8.23. The van der Waals surface area contributed by atoms with Crippen molar-refractivity contribution < 1.29 is 14.2 Å². The summed E-state index contributed by atoms with van der Waals surface area (Å²) in [5.41, 5.74) is 2.17. The van der Waals surface area contributed by atoms with Gasteiger partial charge < -0.3 is 4.74 Å². The van der Waals surface area contributed by atoms with Gasteiger partial charge in [-0.15, -0.1) is 0 Å². The Morgan fingerprint density at radius 3 is 2.80 bits per heavy atom. The third kappa shape index (κ3) is 3.41. The van der Waals surface area contributed by atoms with E-state index in [0.717, 1.165) is 10.2 Å². The molecule has 4 rings (SSSR count). The summed E-state index contributed by atoms with van der Waals surface area (Å²) in [5.74, 6) is 1.18. The van der Waals surface area contributed by atoms with E-state index in [1.807, 2.05) is 49.4 Å². The molecule has 1 aromatic heterocycles. The largest absolute Gasteiger partial charge is 0.496 e. The molecule has 0 bridgehead atoms. The van der Waals surface area contributed by atoms with Crippen molar-refractivity contribution >= 4 is 39.3 Å². The average Bonchev–Trinajstić information content (AvgIpc) is 2.72. The van der Waals surface area contributed by atoms with Crippen molar-refractivity contribution in [1.29, 1.82) is 0 Å². The van der Waals surface area contributed by atoms with Crippen LogP contribution in [0.15, 0.2) is 56.9 Å². The second-order valence-corrected chi connectivity index (χ2v) is 8.82. The Kier molecular flexibility index (Phi) is 5.66. The summed E-state index contributed by atoms with van der Waals surface area (Å²) in [4.78, 5) is 30.5. The number of para-hydroxylation sites is 1. The smallest absolute Gasteiger partial charge is 0.325 e. The number of hydrogen-bond acceptors (Lipinski definition) is 5. The number of nitrogens with one attached hydrogen (secondary N) is 1. The van der Waals surface area contributed by atoms with Crippen molar-refractivity contribution in [2.45, 2.75) is 25.2 Å². The zero-order valence-electron chi connectivity index (χ0n) is 16.7. The molecule has 0 fully saturated rings. The summed E-state index contributed by atoms with van der Waals surface area (Å²) in [7, 11) is 1.58. The molecular formula is C21H20BrN4O3S+. The van der Waals surface area contributed by atoms with E-state index >= 15 is 0 Å². The molecule has 7 nitrogen and oxygen atoms in total. The number of rotatable bonds is 4. The highest BCUT2D eigenvalue weighted by atomic mass is 79.9. The summed E-state index contributed by atoms with van der Waals surface area (Å²) >= 11 is 4.95. The lowest BCUT2D eigenvalue weighted by molar-refractivity contribution is -0.763. The molecule has 1 amide bonds. The molecule has 0 radical (unpaired) electrons. The first-order valence-electron chi connectivity index (χ1n) is 9.37. The minimum absolute atomic E-state index is 0.167. The van der Waals surface area contributed by atoms with Gasteiger partial charge in [-0.05, 0) is 40.8 Å². The summed E-state index contributed by atoms with van der Waals surface area (Å²) in [6.07, 6.45) is -0.682. The number of hydrogen-bond donors (Lipinski definition) is 1. The van der Waals surface area contributed by atoms with Gasteiger partial charge in [-0.1, -0.05) is 46.7 Å². The zero-order valence-corrected chi connectivity index (χ0v) is 19.1. The lowest BCUT2D eigenvalue weighted by Crippen LogP contribution is -2.60. The molecule has 1 aliphatic heterocycles. The Labute approximate surface area is 186 Å². The standard InChI is InChI=1S/C21H19BrN4O3S/c1-4-30-21-23-19(28)18-14-7-5-6-8-16(14)25(12(2)27)20(26(18)24-21)15-11-13(22)9-10-17(15)29-3/h5-11,20H,4H2,1-3H3/p+1. The van der Waals surface area contributed by atoms with Crippen LogP contribution in [0, 0.1) is 0 Å². The van der Waals surface area contributed by atoms with Crippen LogP contribution in [0.3, 0.4) is 0 Å². The number of thioether (sulfide) groups is 1. The van der Waals surface area contributed by atoms with E-state index in [2.05, 4.69) is 20.9 Å². The first-order valence-corrected chi connectivity index (χ1v) is 11.2. The number of nitrogens with zero attached hydrogens (tertiary/aromatic N) is 3. The summed E-state index contributed by atoms with van der Waals surface area (Å²) in [6.45, 7) is 3.50. The number of methoxy groups -OCH3 is 1. The van der Waals surface area contributed by atoms with Crippen molar-refractivity contribution in [3.05, 3.63) is 62.9 Å². The number of benzene rings is 2. The fourth-order valence-electron chi connectivity index (χ4n) is 3.70. The number of ether oxygens (including phenoxy) is 1. The van der Waals surface area contributed by atoms with Gasteiger partial charge in [-0.2, -0.15) is 0 Å². The van der Waals surface area contributed by atoms with Gasteiger partial charge in [0.25, 0.3) is 6.17 Å². The highest BCUT2D eigenvalue weighted by molar-refractivity contribution is 9.10. The lowest BCUT2D eigenvalue weighted by atomic mass is 10.0. The van der Waals surface area contributed by atoms with Gasteiger partial charge in [0.1, 0.15) is 5.75 Å². The van der Waals surface area contributed by atoms with Gasteiger partial charge in [0.2, 0.25) is 11.1 Å².